The number of likely N-dealkylation sites (N-methyl/N-ethyl adjacent to an activating group) is 2. The topological polar surface area (TPSA) is 24.5 Å². The minimum Gasteiger partial charge on any atom is -0.496 e. The predicted molar refractivity (Wildman–Crippen MR) is 72.6 cm³/mol. The van der Waals surface area contributed by atoms with Crippen molar-refractivity contribution in [1.82, 2.24) is 10.2 Å². The molecule has 0 aliphatic carbocycles. The summed E-state index contributed by atoms with van der Waals surface area (Å²) in [5, 5.41) is 3.27. The number of benzene rings is 1. The van der Waals surface area contributed by atoms with E-state index < -0.39 is 0 Å². The molecular formula is C14H24N2O. The molecule has 0 saturated carbocycles. The third-order valence-corrected chi connectivity index (χ3v) is 3.15. The van der Waals surface area contributed by atoms with Crippen LogP contribution in [0.2, 0.25) is 0 Å². The molecule has 0 spiro atoms. The van der Waals surface area contributed by atoms with Gasteiger partial charge < -0.3 is 10.1 Å². The Balaban J connectivity index is 3.03. The van der Waals surface area contributed by atoms with Crippen LogP contribution < -0.4 is 10.1 Å². The molecule has 1 rings (SSSR count). The van der Waals surface area contributed by atoms with Crippen LogP contribution in [0.3, 0.4) is 0 Å². The molecule has 1 N–H and O–H groups in total. The fourth-order valence-electron chi connectivity index (χ4n) is 2.24. The fraction of sp³-hybridized carbons (Fsp3) is 0.571. The highest BCUT2D eigenvalue weighted by atomic mass is 16.5. The second-order valence-corrected chi connectivity index (χ2v) is 4.04. The third kappa shape index (κ3) is 3.45. The SMILES string of the molecule is CCN(CC)C(CNC)c1ccccc1OC. The van der Waals surface area contributed by atoms with Crippen molar-refractivity contribution in [1.29, 1.82) is 0 Å². The number of nitrogens with zero attached hydrogens (tertiary/aromatic N) is 1. The lowest BCUT2D eigenvalue weighted by Gasteiger charge is -2.30. The van der Waals surface area contributed by atoms with Gasteiger partial charge in [0.05, 0.1) is 13.2 Å². The van der Waals surface area contributed by atoms with Gasteiger partial charge in [-0.25, -0.2) is 0 Å². The Kier molecular flexibility index (Phi) is 6.01. The average molecular weight is 236 g/mol. The van der Waals surface area contributed by atoms with Crippen LogP contribution in [-0.2, 0) is 0 Å². The van der Waals surface area contributed by atoms with Crippen LogP contribution in [0.25, 0.3) is 0 Å². The molecule has 1 aromatic rings. The van der Waals surface area contributed by atoms with Crippen LogP contribution in [0.5, 0.6) is 5.75 Å². The first-order valence-corrected chi connectivity index (χ1v) is 6.30. The van der Waals surface area contributed by atoms with E-state index in [9.17, 15) is 0 Å². The van der Waals surface area contributed by atoms with Crippen LogP contribution in [0.15, 0.2) is 24.3 Å². The van der Waals surface area contributed by atoms with Gasteiger partial charge in [-0.15, -0.1) is 0 Å². The summed E-state index contributed by atoms with van der Waals surface area (Å²) in [6.07, 6.45) is 0. The molecule has 1 aromatic carbocycles. The molecule has 0 bridgehead atoms. The van der Waals surface area contributed by atoms with Crippen molar-refractivity contribution in [3.63, 3.8) is 0 Å². The van der Waals surface area contributed by atoms with Crippen LogP contribution in [0.4, 0.5) is 0 Å². The van der Waals surface area contributed by atoms with Gasteiger partial charge >= 0.3 is 0 Å². The first-order chi connectivity index (χ1) is 8.28. The zero-order valence-corrected chi connectivity index (χ0v) is 11.4. The maximum atomic E-state index is 5.46. The lowest BCUT2D eigenvalue weighted by atomic mass is 10.0. The Morgan fingerprint density at radius 2 is 1.88 bits per heavy atom. The van der Waals surface area contributed by atoms with Crippen LogP contribution in [0, 0.1) is 0 Å². The van der Waals surface area contributed by atoms with Crippen molar-refractivity contribution >= 4 is 0 Å². The lowest BCUT2D eigenvalue weighted by Crippen LogP contribution is -2.34. The first-order valence-electron chi connectivity index (χ1n) is 6.30. The standard InChI is InChI=1S/C14H24N2O/c1-5-16(6-2)13(11-15-3)12-9-7-8-10-14(12)17-4/h7-10,13,15H,5-6,11H2,1-4H3. The normalized spacial score (nSPS) is 12.8. The molecule has 3 nitrogen and oxygen atoms in total. The summed E-state index contributed by atoms with van der Waals surface area (Å²) >= 11 is 0. The van der Waals surface area contributed by atoms with Crippen molar-refractivity contribution in [2.75, 3.05) is 33.8 Å². The Morgan fingerprint density at radius 3 is 2.41 bits per heavy atom. The predicted octanol–water partition coefficient (Wildman–Crippen LogP) is 2.30. The number of hydrogen-bond donors (Lipinski definition) is 1. The summed E-state index contributed by atoms with van der Waals surface area (Å²) in [4.78, 5) is 2.44. The van der Waals surface area contributed by atoms with Crippen LogP contribution in [0.1, 0.15) is 25.5 Å². The van der Waals surface area contributed by atoms with Gasteiger partial charge in [0.15, 0.2) is 0 Å². The summed E-state index contributed by atoms with van der Waals surface area (Å²) < 4.78 is 5.46. The summed E-state index contributed by atoms with van der Waals surface area (Å²) in [5.41, 5.74) is 1.26. The molecule has 1 unspecified atom stereocenters. The van der Waals surface area contributed by atoms with Crippen LogP contribution >= 0.6 is 0 Å². The van der Waals surface area contributed by atoms with E-state index in [-0.39, 0.29) is 0 Å². The second kappa shape index (κ2) is 7.30. The van der Waals surface area contributed by atoms with Crippen molar-refractivity contribution in [2.24, 2.45) is 0 Å². The lowest BCUT2D eigenvalue weighted by molar-refractivity contribution is 0.211. The van der Waals surface area contributed by atoms with Gasteiger partial charge in [-0.1, -0.05) is 32.0 Å². The van der Waals surface area contributed by atoms with Crippen LogP contribution in [-0.4, -0.2) is 38.7 Å². The number of rotatable bonds is 7. The summed E-state index contributed by atoms with van der Waals surface area (Å²) in [7, 11) is 3.73. The minimum absolute atomic E-state index is 0.367. The maximum Gasteiger partial charge on any atom is 0.123 e. The highest BCUT2D eigenvalue weighted by Crippen LogP contribution is 2.28. The van der Waals surface area contributed by atoms with Gasteiger partial charge in [-0.2, -0.15) is 0 Å². The molecule has 0 aliphatic rings. The number of hydrogen-bond acceptors (Lipinski definition) is 3. The maximum absolute atomic E-state index is 5.46. The number of ether oxygens (including phenoxy) is 1. The monoisotopic (exact) mass is 236 g/mol. The van der Waals surface area contributed by atoms with Gasteiger partial charge in [0.2, 0.25) is 0 Å². The van der Waals surface area contributed by atoms with Crippen molar-refractivity contribution in [2.45, 2.75) is 19.9 Å². The molecule has 0 radical (unpaired) electrons. The summed E-state index contributed by atoms with van der Waals surface area (Å²) in [6, 6.07) is 8.64. The first kappa shape index (κ1) is 14.0. The van der Waals surface area contributed by atoms with E-state index in [1.54, 1.807) is 7.11 Å². The zero-order chi connectivity index (χ0) is 12.7. The van der Waals surface area contributed by atoms with E-state index in [2.05, 4.69) is 36.2 Å². The van der Waals surface area contributed by atoms with Crippen molar-refractivity contribution in [3.8, 4) is 5.75 Å². The van der Waals surface area contributed by atoms with E-state index >= 15 is 0 Å². The largest absolute Gasteiger partial charge is 0.496 e. The summed E-state index contributed by atoms with van der Waals surface area (Å²) in [6.45, 7) is 7.41. The van der Waals surface area contributed by atoms with Gasteiger partial charge in [-0.3, -0.25) is 4.90 Å². The molecule has 0 saturated heterocycles. The molecule has 0 heterocycles. The van der Waals surface area contributed by atoms with E-state index in [1.807, 2.05) is 19.2 Å². The quantitative estimate of drug-likeness (QED) is 0.786. The van der Waals surface area contributed by atoms with Gasteiger partial charge in [0, 0.05) is 12.1 Å². The molecule has 0 fully saturated rings. The number of nitrogens with one attached hydrogen (secondary N) is 1. The van der Waals surface area contributed by atoms with Crippen molar-refractivity contribution in [3.05, 3.63) is 29.8 Å². The molecule has 0 amide bonds. The Bertz CT molecular complexity index is 324. The molecule has 3 heteroatoms. The fourth-order valence-corrected chi connectivity index (χ4v) is 2.24. The van der Waals surface area contributed by atoms with Gasteiger partial charge in [0.25, 0.3) is 0 Å². The van der Waals surface area contributed by atoms with E-state index in [0.29, 0.717) is 6.04 Å². The second-order valence-electron chi connectivity index (χ2n) is 4.04. The van der Waals surface area contributed by atoms with E-state index in [4.69, 9.17) is 4.74 Å². The highest BCUT2D eigenvalue weighted by molar-refractivity contribution is 5.36. The third-order valence-electron chi connectivity index (χ3n) is 3.15. The minimum atomic E-state index is 0.367. The molecule has 96 valence electrons. The summed E-state index contributed by atoms with van der Waals surface area (Å²) in [5.74, 6) is 0.972. The Hall–Kier alpha value is -1.06. The molecular weight excluding hydrogens is 212 g/mol. The Labute approximate surface area is 105 Å². The number of para-hydroxylation sites is 1. The van der Waals surface area contributed by atoms with Crippen molar-refractivity contribution < 1.29 is 4.74 Å². The van der Waals surface area contributed by atoms with E-state index in [1.165, 1.54) is 5.56 Å². The molecule has 1 atom stereocenters. The van der Waals surface area contributed by atoms with E-state index in [0.717, 1.165) is 25.4 Å². The highest BCUT2D eigenvalue weighted by Gasteiger charge is 2.20. The van der Waals surface area contributed by atoms with Gasteiger partial charge in [0.1, 0.15) is 5.75 Å². The Morgan fingerprint density at radius 1 is 1.24 bits per heavy atom. The zero-order valence-electron chi connectivity index (χ0n) is 11.4. The molecule has 17 heavy (non-hydrogen) atoms. The smallest absolute Gasteiger partial charge is 0.123 e. The average Bonchev–Trinajstić information content (AvgIpc) is 2.39. The molecule has 0 aromatic heterocycles. The number of methoxy groups -OCH3 is 1. The van der Waals surface area contributed by atoms with Gasteiger partial charge in [-0.05, 0) is 26.2 Å². The molecule has 0 aliphatic heterocycles.